The van der Waals surface area contributed by atoms with Crippen molar-refractivity contribution in [2.24, 2.45) is 0 Å². The second-order valence-electron chi connectivity index (χ2n) is 5.28. The number of aldehydes is 1. The van der Waals surface area contributed by atoms with E-state index in [-0.39, 0.29) is 0 Å². The van der Waals surface area contributed by atoms with Crippen molar-refractivity contribution in [1.29, 1.82) is 0 Å². The summed E-state index contributed by atoms with van der Waals surface area (Å²) in [5.41, 5.74) is 3.53. The molecule has 2 heterocycles. The number of rotatable bonds is 5. The first kappa shape index (κ1) is 16.6. The maximum absolute atomic E-state index is 10.8. The van der Waals surface area contributed by atoms with Gasteiger partial charge < -0.3 is 5.32 Å². The number of hydrogen-bond acceptors (Lipinski definition) is 5. The molecule has 0 saturated heterocycles. The molecule has 0 fully saturated rings. The third kappa shape index (κ3) is 3.47. The van der Waals surface area contributed by atoms with Crippen LogP contribution >= 0.6 is 22.9 Å². The van der Waals surface area contributed by atoms with Gasteiger partial charge in [0.15, 0.2) is 5.82 Å². The van der Waals surface area contributed by atoms with Gasteiger partial charge in [0, 0.05) is 22.5 Å². The van der Waals surface area contributed by atoms with E-state index in [2.05, 4.69) is 22.2 Å². The van der Waals surface area contributed by atoms with E-state index in [9.17, 15) is 4.79 Å². The van der Waals surface area contributed by atoms with Gasteiger partial charge in [-0.05, 0) is 49.7 Å². The molecule has 2 aromatic heterocycles. The van der Waals surface area contributed by atoms with E-state index in [0.29, 0.717) is 15.7 Å². The lowest BCUT2D eigenvalue weighted by Crippen LogP contribution is -2.05. The smallest absolute Gasteiger partial charge is 0.171 e. The SMILES string of the molecule is CCc1c(C)nc(-c2ccc(Cl)s2)nc1Nc1ccc(C=O)cc1. The Hall–Kier alpha value is -2.24. The average Bonchev–Trinajstić information content (AvgIpc) is 3.02. The summed E-state index contributed by atoms with van der Waals surface area (Å²) in [6, 6.07) is 11.0. The van der Waals surface area contributed by atoms with E-state index in [0.717, 1.165) is 40.3 Å². The van der Waals surface area contributed by atoms with Gasteiger partial charge in [-0.1, -0.05) is 18.5 Å². The minimum absolute atomic E-state index is 0.643. The predicted molar refractivity (Wildman–Crippen MR) is 99.6 cm³/mol. The standard InChI is InChI=1S/C18H16ClN3OS/c1-3-14-11(2)20-18(15-8-9-16(19)24-15)22-17(14)21-13-6-4-12(10-23)5-7-13/h4-10H,3H2,1-2H3,(H,20,21,22). The lowest BCUT2D eigenvalue weighted by Gasteiger charge is -2.13. The van der Waals surface area contributed by atoms with Gasteiger partial charge in [0.25, 0.3) is 0 Å². The van der Waals surface area contributed by atoms with Crippen LogP contribution in [0.15, 0.2) is 36.4 Å². The van der Waals surface area contributed by atoms with E-state index >= 15 is 0 Å². The van der Waals surface area contributed by atoms with Crippen molar-refractivity contribution in [3.8, 4) is 10.7 Å². The minimum atomic E-state index is 0.643. The number of benzene rings is 1. The van der Waals surface area contributed by atoms with Crippen LogP contribution in [0, 0.1) is 6.92 Å². The Morgan fingerprint density at radius 3 is 2.50 bits per heavy atom. The van der Waals surface area contributed by atoms with Gasteiger partial charge >= 0.3 is 0 Å². The first-order valence-electron chi connectivity index (χ1n) is 7.56. The number of thiophene rings is 1. The first-order valence-corrected chi connectivity index (χ1v) is 8.75. The summed E-state index contributed by atoms with van der Waals surface area (Å²) in [7, 11) is 0. The van der Waals surface area contributed by atoms with Crippen molar-refractivity contribution in [2.75, 3.05) is 5.32 Å². The Balaban J connectivity index is 2.00. The van der Waals surface area contributed by atoms with Gasteiger partial charge in [0.05, 0.1) is 9.21 Å². The van der Waals surface area contributed by atoms with Crippen molar-refractivity contribution in [3.63, 3.8) is 0 Å². The third-order valence-corrected chi connectivity index (χ3v) is 4.90. The van der Waals surface area contributed by atoms with E-state index in [1.807, 2.05) is 31.2 Å². The number of hydrogen-bond donors (Lipinski definition) is 1. The highest BCUT2D eigenvalue weighted by Crippen LogP contribution is 2.31. The number of aryl methyl sites for hydroxylation is 1. The zero-order valence-corrected chi connectivity index (χ0v) is 14.9. The molecule has 0 aliphatic heterocycles. The van der Waals surface area contributed by atoms with Crippen LogP contribution in [0.2, 0.25) is 4.34 Å². The van der Waals surface area contributed by atoms with E-state index in [4.69, 9.17) is 11.6 Å². The van der Waals surface area contributed by atoms with Gasteiger partial charge in [0.2, 0.25) is 0 Å². The Bertz CT molecular complexity index is 874. The van der Waals surface area contributed by atoms with Crippen LogP contribution in [-0.4, -0.2) is 16.3 Å². The molecule has 1 aromatic carbocycles. The Kier molecular flexibility index (Phi) is 4.92. The highest BCUT2D eigenvalue weighted by atomic mass is 35.5. The third-order valence-electron chi connectivity index (χ3n) is 3.67. The molecule has 0 atom stereocenters. The molecule has 3 rings (SSSR count). The molecule has 122 valence electrons. The van der Waals surface area contributed by atoms with Crippen molar-refractivity contribution in [2.45, 2.75) is 20.3 Å². The summed E-state index contributed by atoms with van der Waals surface area (Å²) in [5, 5.41) is 3.34. The molecule has 24 heavy (non-hydrogen) atoms. The molecule has 0 unspecified atom stereocenters. The van der Waals surface area contributed by atoms with Gasteiger partial charge in [-0.15, -0.1) is 11.3 Å². The molecule has 0 amide bonds. The fraction of sp³-hybridized carbons (Fsp3) is 0.167. The number of aromatic nitrogens is 2. The van der Waals surface area contributed by atoms with Crippen molar-refractivity contribution < 1.29 is 4.79 Å². The number of anilines is 2. The predicted octanol–water partition coefficient (Wildman–Crippen LogP) is 5.29. The highest BCUT2D eigenvalue weighted by molar-refractivity contribution is 7.19. The normalized spacial score (nSPS) is 10.6. The van der Waals surface area contributed by atoms with Crippen molar-refractivity contribution >= 4 is 40.7 Å². The molecule has 6 heteroatoms. The number of halogens is 1. The Labute approximate surface area is 149 Å². The lowest BCUT2D eigenvalue weighted by molar-refractivity contribution is 0.112. The number of carbonyl (C=O) groups is 1. The van der Waals surface area contributed by atoms with Crippen molar-refractivity contribution in [3.05, 3.63) is 57.6 Å². The van der Waals surface area contributed by atoms with Crippen LogP contribution in [0.25, 0.3) is 10.7 Å². The molecule has 0 aliphatic carbocycles. The highest BCUT2D eigenvalue weighted by Gasteiger charge is 2.13. The van der Waals surface area contributed by atoms with Crippen LogP contribution in [-0.2, 0) is 6.42 Å². The Morgan fingerprint density at radius 1 is 1.17 bits per heavy atom. The number of nitrogens with one attached hydrogen (secondary N) is 1. The molecule has 0 spiro atoms. The van der Waals surface area contributed by atoms with Crippen LogP contribution in [0.5, 0.6) is 0 Å². The molecule has 3 aromatic rings. The van der Waals surface area contributed by atoms with E-state index in [1.54, 1.807) is 12.1 Å². The summed E-state index contributed by atoms with van der Waals surface area (Å²) in [5.74, 6) is 1.44. The summed E-state index contributed by atoms with van der Waals surface area (Å²) < 4.78 is 0.713. The fourth-order valence-corrected chi connectivity index (χ4v) is 3.43. The van der Waals surface area contributed by atoms with Gasteiger partial charge in [0.1, 0.15) is 12.1 Å². The monoisotopic (exact) mass is 357 g/mol. The average molecular weight is 358 g/mol. The van der Waals surface area contributed by atoms with Crippen LogP contribution in [0.3, 0.4) is 0 Å². The molecule has 1 N–H and O–H groups in total. The topological polar surface area (TPSA) is 54.9 Å². The number of carbonyl (C=O) groups excluding carboxylic acids is 1. The molecule has 4 nitrogen and oxygen atoms in total. The molecule has 0 saturated carbocycles. The first-order chi connectivity index (χ1) is 11.6. The summed E-state index contributed by atoms with van der Waals surface area (Å²) in [4.78, 5) is 21.0. The zero-order valence-electron chi connectivity index (χ0n) is 13.3. The summed E-state index contributed by atoms with van der Waals surface area (Å²) in [6.07, 6.45) is 1.65. The molecule has 0 aliphatic rings. The lowest BCUT2D eigenvalue weighted by atomic mass is 10.1. The summed E-state index contributed by atoms with van der Waals surface area (Å²) in [6.45, 7) is 4.06. The molecule has 0 bridgehead atoms. The quantitative estimate of drug-likeness (QED) is 0.631. The molecular weight excluding hydrogens is 342 g/mol. The summed E-state index contributed by atoms with van der Waals surface area (Å²) >= 11 is 7.48. The van der Waals surface area contributed by atoms with Crippen LogP contribution in [0.4, 0.5) is 11.5 Å². The Morgan fingerprint density at radius 2 is 1.92 bits per heavy atom. The fourth-order valence-electron chi connectivity index (χ4n) is 2.45. The second kappa shape index (κ2) is 7.11. The van der Waals surface area contributed by atoms with Crippen LogP contribution < -0.4 is 5.32 Å². The van der Waals surface area contributed by atoms with Gasteiger partial charge in [-0.2, -0.15) is 0 Å². The maximum Gasteiger partial charge on any atom is 0.171 e. The van der Waals surface area contributed by atoms with Gasteiger partial charge in [-0.3, -0.25) is 4.79 Å². The second-order valence-corrected chi connectivity index (χ2v) is 7.00. The maximum atomic E-state index is 10.8. The molecular formula is C18H16ClN3OS. The number of nitrogens with zero attached hydrogens (tertiary/aromatic N) is 2. The minimum Gasteiger partial charge on any atom is -0.340 e. The zero-order chi connectivity index (χ0) is 17.1. The van der Waals surface area contributed by atoms with Crippen LogP contribution in [0.1, 0.15) is 28.5 Å². The van der Waals surface area contributed by atoms with Gasteiger partial charge in [-0.25, -0.2) is 9.97 Å². The largest absolute Gasteiger partial charge is 0.340 e. The van der Waals surface area contributed by atoms with E-state index < -0.39 is 0 Å². The van der Waals surface area contributed by atoms with Crippen molar-refractivity contribution in [1.82, 2.24) is 9.97 Å². The van der Waals surface area contributed by atoms with E-state index in [1.165, 1.54) is 11.3 Å². The molecule has 0 radical (unpaired) electrons.